The molecular formula is C10H19N3O. The van der Waals surface area contributed by atoms with E-state index in [0.717, 1.165) is 18.5 Å². The highest BCUT2D eigenvalue weighted by Crippen LogP contribution is 2.12. The van der Waals surface area contributed by atoms with Crippen LogP contribution in [-0.2, 0) is 13.5 Å². The van der Waals surface area contributed by atoms with Crippen LogP contribution < -0.4 is 5.32 Å². The fourth-order valence-corrected chi connectivity index (χ4v) is 1.51. The first-order valence-corrected chi connectivity index (χ1v) is 4.89. The molecule has 1 unspecified atom stereocenters. The van der Waals surface area contributed by atoms with Crippen molar-refractivity contribution in [2.45, 2.75) is 25.4 Å². The standard InChI is InChI=1S/C10H19N3O/c1-10(14,8-11-2)6-4-9-5-7-12-13(9)3/h5,7,11,14H,4,6,8H2,1-3H3. The number of likely N-dealkylation sites (N-methyl/N-ethyl adjacent to an activating group) is 1. The van der Waals surface area contributed by atoms with Gasteiger partial charge in [-0.05, 0) is 32.9 Å². The number of nitrogens with one attached hydrogen (secondary N) is 1. The van der Waals surface area contributed by atoms with E-state index in [1.54, 1.807) is 6.20 Å². The van der Waals surface area contributed by atoms with Crippen LogP contribution in [0.4, 0.5) is 0 Å². The van der Waals surface area contributed by atoms with Gasteiger partial charge in [0, 0.05) is 25.5 Å². The Morgan fingerprint density at radius 1 is 1.64 bits per heavy atom. The maximum atomic E-state index is 9.91. The van der Waals surface area contributed by atoms with Gasteiger partial charge in [-0.2, -0.15) is 5.10 Å². The molecule has 4 heteroatoms. The third kappa shape index (κ3) is 3.12. The van der Waals surface area contributed by atoms with Crippen molar-refractivity contribution in [2.24, 2.45) is 7.05 Å². The minimum absolute atomic E-state index is 0.616. The molecule has 0 saturated carbocycles. The number of hydrogen-bond acceptors (Lipinski definition) is 3. The molecule has 1 atom stereocenters. The summed E-state index contributed by atoms with van der Waals surface area (Å²) in [4.78, 5) is 0. The van der Waals surface area contributed by atoms with Gasteiger partial charge in [0.25, 0.3) is 0 Å². The van der Waals surface area contributed by atoms with Gasteiger partial charge in [-0.15, -0.1) is 0 Å². The summed E-state index contributed by atoms with van der Waals surface area (Å²) in [6.45, 7) is 2.46. The molecule has 0 radical (unpaired) electrons. The van der Waals surface area contributed by atoms with Gasteiger partial charge in [0.2, 0.25) is 0 Å². The van der Waals surface area contributed by atoms with Gasteiger partial charge in [-0.1, -0.05) is 0 Å². The molecule has 1 rings (SSSR count). The molecule has 1 aromatic rings. The van der Waals surface area contributed by atoms with E-state index < -0.39 is 5.60 Å². The molecule has 0 spiro atoms. The minimum atomic E-state index is -0.640. The van der Waals surface area contributed by atoms with Crippen LogP contribution in [0.25, 0.3) is 0 Å². The SMILES string of the molecule is CNCC(C)(O)CCc1ccnn1C. The van der Waals surface area contributed by atoms with Crippen molar-refractivity contribution in [3.63, 3.8) is 0 Å². The van der Waals surface area contributed by atoms with E-state index in [-0.39, 0.29) is 0 Å². The lowest BCUT2D eigenvalue weighted by atomic mass is 9.99. The number of rotatable bonds is 5. The monoisotopic (exact) mass is 197 g/mol. The summed E-state index contributed by atoms with van der Waals surface area (Å²) in [6, 6.07) is 1.98. The molecule has 0 bridgehead atoms. The highest BCUT2D eigenvalue weighted by Gasteiger charge is 2.19. The molecule has 14 heavy (non-hydrogen) atoms. The van der Waals surface area contributed by atoms with Crippen LogP contribution >= 0.6 is 0 Å². The second-order valence-corrected chi connectivity index (χ2v) is 3.97. The van der Waals surface area contributed by atoms with Crippen LogP contribution in [0.3, 0.4) is 0 Å². The number of aryl methyl sites for hydroxylation is 2. The Kier molecular flexibility index (Phi) is 3.66. The average Bonchev–Trinajstić information content (AvgIpc) is 2.48. The average molecular weight is 197 g/mol. The molecule has 2 N–H and O–H groups in total. The first-order valence-electron chi connectivity index (χ1n) is 4.89. The Balaban J connectivity index is 2.44. The molecule has 1 aromatic heterocycles. The molecule has 0 saturated heterocycles. The number of aromatic nitrogens is 2. The fourth-order valence-electron chi connectivity index (χ4n) is 1.51. The zero-order chi connectivity index (χ0) is 10.6. The van der Waals surface area contributed by atoms with Gasteiger partial charge in [0.15, 0.2) is 0 Å². The van der Waals surface area contributed by atoms with Gasteiger partial charge in [-0.25, -0.2) is 0 Å². The Morgan fingerprint density at radius 2 is 2.36 bits per heavy atom. The maximum absolute atomic E-state index is 9.91. The molecular weight excluding hydrogens is 178 g/mol. The molecule has 0 aromatic carbocycles. The van der Waals surface area contributed by atoms with Crippen LogP contribution in [0.1, 0.15) is 19.0 Å². The van der Waals surface area contributed by atoms with Crippen LogP contribution in [0, 0.1) is 0 Å². The summed E-state index contributed by atoms with van der Waals surface area (Å²) in [5.74, 6) is 0. The Hall–Kier alpha value is -0.870. The van der Waals surface area contributed by atoms with Crippen molar-refractivity contribution in [2.75, 3.05) is 13.6 Å². The van der Waals surface area contributed by atoms with Gasteiger partial charge in [0.05, 0.1) is 5.60 Å². The van der Waals surface area contributed by atoms with Crippen LogP contribution in [0.15, 0.2) is 12.3 Å². The van der Waals surface area contributed by atoms with E-state index in [0.29, 0.717) is 6.54 Å². The summed E-state index contributed by atoms with van der Waals surface area (Å²) in [6.07, 6.45) is 3.38. The molecule has 0 aliphatic rings. The van der Waals surface area contributed by atoms with Crippen LogP contribution in [0.5, 0.6) is 0 Å². The lowest BCUT2D eigenvalue weighted by Gasteiger charge is -2.22. The van der Waals surface area contributed by atoms with Gasteiger partial charge in [0.1, 0.15) is 0 Å². The molecule has 0 amide bonds. The van der Waals surface area contributed by atoms with Gasteiger partial charge < -0.3 is 10.4 Å². The summed E-state index contributed by atoms with van der Waals surface area (Å²) >= 11 is 0. The van der Waals surface area contributed by atoms with E-state index in [2.05, 4.69) is 10.4 Å². The van der Waals surface area contributed by atoms with Crippen molar-refractivity contribution in [3.05, 3.63) is 18.0 Å². The largest absolute Gasteiger partial charge is 0.389 e. The first-order chi connectivity index (χ1) is 6.55. The van der Waals surface area contributed by atoms with Gasteiger partial charge >= 0.3 is 0 Å². The normalized spacial score (nSPS) is 15.4. The zero-order valence-electron chi connectivity index (χ0n) is 9.12. The van der Waals surface area contributed by atoms with E-state index >= 15 is 0 Å². The molecule has 1 heterocycles. The van der Waals surface area contributed by atoms with Crippen molar-refractivity contribution in [3.8, 4) is 0 Å². The quantitative estimate of drug-likeness (QED) is 0.715. The molecule has 4 nitrogen and oxygen atoms in total. The second-order valence-electron chi connectivity index (χ2n) is 3.97. The predicted molar refractivity (Wildman–Crippen MR) is 56.1 cm³/mol. The summed E-state index contributed by atoms with van der Waals surface area (Å²) < 4.78 is 1.84. The molecule has 0 fully saturated rings. The minimum Gasteiger partial charge on any atom is -0.389 e. The summed E-state index contributed by atoms with van der Waals surface area (Å²) in [7, 11) is 3.76. The predicted octanol–water partition coefficient (Wildman–Crippen LogP) is 0.323. The van der Waals surface area contributed by atoms with E-state index in [1.807, 2.05) is 31.8 Å². The highest BCUT2D eigenvalue weighted by atomic mass is 16.3. The van der Waals surface area contributed by atoms with Crippen LogP contribution in [-0.4, -0.2) is 34.1 Å². The molecule has 0 aliphatic heterocycles. The second kappa shape index (κ2) is 4.57. The van der Waals surface area contributed by atoms with E-state index in [9.17, 15) is 5.11 Å². The highest BCUT2D eigenvalue weighted by molar-refractivity contribution is 5.01. The van der Waals surface area contributed by atoms with Crippen molar-refractivity contribution in [1.82, 2.24) is 15.1 Å². The maximum Gasteiger partial charge on any atom is 0.0747 e. The van der Waals surface area contributed by atoms with Crippen molar-refractivity contribution in [1.29, 1.82) is 0 Å². The lowest BCUT2D eigenvalue weighted by Crippen LogP contribution is -2.36. The lowest BCUT2D eigenvalue weighted by molar-refractivity contribution is 0.0527. The van der Waals surface area contributed by atoms with Crippen LogP contribution in [0.2, 0.25) is 0 Å². The smallest absolute Gasteiger partial charge is 0.0747 e. The third-order valence-corrected chi connectivity index (χ3v) is 2.40. The number of hydrogen-bond donors (Lipinski definition) is 2. The Labute approximate surface area is 84.9 Å². The van der Waals surface area contributed by atoms with Gasteiger partial charge in [-0.3, -0.25) is 4.68 Å². The fraction of sp³-hybridized carbons (Fsp3) is 0.700. The summed E-state index contributed by atoms with van der Waals surface area (Å²) in [5.41, 5.74) is 0.514. The van der Waals surface area contributed by atoms with Crippen molar-refractivity contribution >= 4 is 0 Å². The zero-order valence-corrected chi connectivity index (χ0v) is 9.12. The van der Waals surface area contributed by atoms with Crippen molar-refractivity contribution < 1.29 is 5.11 Å². The Morgan fingerprint density at radius 3 is 2.86 bits per heavy atom. The third-order valence-electron chi connectivity index (χ3n) is 2.40. The van der Waals surface area contributed by atoms with E-state index in [4.69, 9.17) is 0 Å². The summed E-state index contributed by atoms with van der Waals surface area (Å²) in [5, 5.41) is 17.0. The van der Waals surface area contributed by atoms with E-state index in [1.165, 1.54) is 0 Å². The Bertz CT molecular complexity index is 281. The molecule has 0 aliphatic carbocycles. The topological polar surface area (TPSA) is 50.1 Å². The first kappa shape index (κ1) is 11.2. The number of nitrogens with zero attached hydrogens (tertiary/aromatic N) is 2. The number of aliphatic hydroxyl groups is 1. The molecule has 80 valence electrons.